The Bertz CT molecular complexity index is 397. The Labute approximate surface area is 117 Å². The Hall–Kier alpha value is -0.800. The van der Waals surface area contributed by atoms with Crippen molar-refractivity contribution < 1.29 is 4.42 Å². The number of hydrogen-bond donors (Lipinski definition) is 1. The van der Waals surface area contributed by atoms with E-state index in [0.29, 0.717) is 6.04 Å². The molecule has 0 saturated carbocycles. The van der Waals surface area contributed by atoms with Gasteiger partial charge in [0.05, 0.1) is 6.54 Å². The van der Waals surface area contributed by atoms with Crippen LogP contribution in [0.3, 0.4) is 0 Å². The van der Waals surface area contributed by atoms with Crippen LogP contribution in [0, 0.1) is 12.8 Å². The van der Waals surface area contributed by atoms with Gasteiger partial charge in [0.2, 0.25) is 0 Å². The molecule has 1 aromatic rings. The van der Waals surface area contributed by atoms with Crippen LogP contribution in [-0.2, 0) is 13.1 Å². The average molecular weight is 264 g/mol. The van der Waals surface area contributed by atoms with Gasteiger partial charge < -0.3 is 9.73 Å². The topological polar surface area (TPSA) is 28.4 Å². The summed E-state index contributed by atoms with van der Waals surface area (Å²) in [4.78, 5) is 2.56. The van der Waals surface area contributed by atoms with Crippen molar-refractivity contribution in [2.75, 3.05) is 13.1 Å². The van der Waals surface area contributed by atoms with Crippen molar-refractivity contribution in [1.82, 2.24) is 10.2 Å². The second kappa shape index (κ2) is 6.58. The summed E-state index contributed by atoms with van der Waals surface area (Å²) in [6.45, 7) is 13.1. The van der Waals surface area contributed by atoms with E-state index in [1.807, 2.05) is 0 Å². The molecule has 1 saturated heterocycles. The molecular formula is C16H28N2O. The largest absolute Gasteiger partial charge is 0.465 e. The first-order valence-electron chi connectivity index (χ1n) is 7.58. The Morgan fingerprint density at radius 1 is 1.47 bits per heavy atom. The van der Waals surface area contributed by atoms with Gasteiger partial charge in [-0.3, -0.25) is 4.90 Å². The van der Waals surface area contributed by atoms with Crippen molar-refractivity contribution >= 4 is 0 Å². The van der Waals surface area contributed by atoms with Crippen LogP contribution in [0.25, 0.3) is 0 Å². The summed E-state index contributed by atoms with van der Waals surface area (Å²) in [5, 5.41) is 3.41. The van der Waals surface area contributed by atoms with Crippen LogP contribution in [0.1, 0.15) is 50.7 Å². The number of piperidine rings is 1. The fourth-order valence-electron chi connectivity index (χ4n) is 2.81. The summed E-state index contributed by atoms with van der Waals surface area (Å²) in [5.41, 5.74) is 1.36. The molecule has 19 heavy (non-hydrogen) atoms. The zero-order valence-electron chi connectivity index (χ0n) is 12.8. The number of likely N-dealkylation sites (tertiary alicyclic amines) is 1. The van der Waals surface area contributed by atoms with E-state index in [9.17, 15) is 0 Å². The van der Waals surface area contributed by atoms with Crippen molar-refractivity contribution in [1.29, 1.82) is 0 Å². The van der Waals surface area contributed by atoms with E-state index in [2.05, 4.69) is 44.0 Å². The van der Waals surface area contributed by atoms with Gasteiger partial charge in [0.25, 0.3) is 0 Å². The summed E-state index contributed by atoms with van der Waals surface area (Å²) in [6.07, 6.45) is 2.71. The van der Waals surface area contributed by atoms with E-state index in [1.165, 1.54) is 31.5 Å². The molecule has 1 aliphatic heterocycles. The Morgan fingerprint density at radius 3 is 2.95 bits per heavy atom. The molecule has 1 aliphatic rings. The predicted molar refractivity (Wildman–Crippen MR) is 79.1 cm³/mol. The molecule has 108 valence electrons. The van der Waals surface area contributed by atoms with E-state index in [1.54, 1.807) is 0 Å². The standard InChI is InChI=1S/C16H28N2O/c1-12(2)17-9-16-8-15(14(4)19-16)11-18-7-5-6-13(3)10-18/h8,12-13,17H,5-7,9-11H2,1-4H3. The maximum absolute atomic E-state index is 5.84. The molecule has 1 unspecified atom stereocenters. The monoisotopic (exact) mass is 264 g/mol. The molecule has 1 aromatic heterocycles. The van der Waals surface area contributed by atoms with Gasteiger partial charge in [0, 0.05) is 24.7 Å². The quantitative estimate of drug-likeness (QED) is 0.884. The highest BCUT2D eigenvalue weighted by molar-refractivity contribution is 5.20. The maximum Gasteiger partial charge on any atom is 0.118 e. The Balaban J connectivity index is 1.92. The maximum atomic E-state index is 5.84. The number of nitrogens with zero attached hydrogens (tertiary/aromatic N) is 1. The number of nitrogens with one attached hydrogen (secondary N) is 1. The van der Waals surface area contributed by atoms with Gasteiger partial charge in [0.1, 0.15) is 11.5 Å². The molecule has 0 bridgehead atoms. The highest BCUT2D eigenvalue weighted by atomic mass is 16.3. The highest BCUT2D eigenvalue weighted by Crippen LogP contribution is 2.21. The molecule has 0 aromatic carbocycles. The van der Waals surface area contributed by atoms with Crippen LogP contribution in [0.2, 0.25) is 0 Å². The highest BCUT2D eigenvalue weighted by Gasteiger charge is 2.18. The first-order chi connectivity index (χ1) is 9.04. The molecule has 0 aliphatic carbocycles. The average Bonchev–Trinajstić information content (AvgIpc) is 2.68. The lowest BCUT2D eigenvalue weighted by atomic mass is 10.00. The molecule has 1 fully saturated rings. The fourth-order valence-corrected chi connectivity index (χ4v) is 2.81. The molecule has 2 heterocycles. The molecule has 0 radical (unpaired) electrons. The minimum Gasteiger partial charge on any atom is -0.465 e. The van der Waals surface area contributed by atoms with E-state index in [0.717, 1.165) is 30.5 Å². The fraction of sp³-hybridized carbons (Fsp3) is 0.750. The lowest BCUT2D eigenvalue weighted by Crippen LogP contribution is -2.33. The smallest absolute Gasteiger partial charge is 0.118 e. The summed E-state index contributed by atoms with van der Waals surface area (Å²) in [5.74, 6) is 2.98. The van der Waals surface area contributed by atoms with Gasteiger partial charge in [-0.15, -0.1) is 0 Å². The lowest BCUT2D eigenvalue weighted by Gasteiger charge is -2.30. The third-order valence-corrected chi connectivity index (χ3v) is 3.89. The van der Waals surface area contributed by atoms with Crippen LogP contribution >= 0.6 is 0 Å². The molecular weight excluding hydrogens is 236 g/mol. The van der Waals surface area contributed by atoms with Gasteiger partial charge in [-0.05, 0) is 38.3 Å². The lowest BCUT2D eigenvalue weighted by molar-refractivity contribution is 0.176. The van der Waals surface area contributed by atoms with Crippen molar-refractivity contribution in [3.05, 3.63) is 23.2 Å². The minimum atomic E-state index is 0.497. The number of rotatable bonds is 5. The van der Waals surface area contributed by atoms with Crippen LogP contribution in [0.5, 0.6) is 0 Å². The van der Waals surface area contributed by atoms with Gasteiger partial charge in [0.15, 0.2) is 0 Å². The van der Waals surface area contributed by atoms with Crippen molar-refractivity contribution in [3.63, 3.8) is 0 Å². The molecule has 3 nitrogen and oxygen atoms in total. The van der Waals surface area contributed by atoms with E-state index in [4.69, 9.17) is 4.42 Å². The molecule has 1 atom stereocenters. The van der Waals surface area contributed by atoms with Crippen molar-refractivity contribution in [2.45, 2.75) is 59.7 Å². The normalized spacial score (nSPS) is 21.2. The molecule has 1 N–H and O–H groups in total. The zero-order chi connectivity index (χ0) is 13.8. The second-order valence-corrected chi connectivity index (χ2v) is 6.31. The second-order valence-electron chi connectivity index (χ2n) is 6.31. The Morgan fingerprint density at radius 2 is 2.26 bits per heavy atom. The van der Waals surface area contributed by atoms with Gasteiger partial charge in [-0.25, -0.2) is 0 Å². The van der Waals surface area contributed by atoms with Crippen LogP contribution in [0.15, 0.2) is 10.5 Å². The zero-order valence-corrected chi connectivity index (χ0v) is 12.8. The molecule has 0 spiro atoms. The van der Waals surface area contributed by atoms with E-state index in [-0.39, 0.29) is 0 Å². The predicted octanol–water partition coefficient (Wildman–Crippen LogP) is 3.32. The molecule has 3 heteroatoms. The van der Waals surface area contributed by atoms with Crippen LogP contribution in [0.4, 0.5) is 0 Å². The molecule has 0 amide bonds. The van der Waals surface area contributed by atoms with Crippen LogP contribution < -0.4 is 5.32 Å². The summed E-state index contributed by atoms with van der Waals surface area (Å²) >= 11 is 0. The van der Waals surface area contributed by atoms with Crippen molar-refractivity contribution in [3.8, 4) is 0 Å². The third kappa shape index (κ3) is 4.36. The first kappa shape index (κ1) is 14.6. The van der Waals surface area contributed by atoms with E-state index >= 15 is 0 Å². The summed E-state index contributed by atoms with van der Waals surface area (Å²) in [6, 6.07) is 2.72. The van der Waals surface area contributed by atoms with Gasteiger partial charge >= 0.3 is 0 Å². The van der Waals surface area contributed by atoms with E-state index < -0.39 is 0 Å². The number of furan rings is 1. The van der Waals surface area contributed by atoms with Crippen LogP contribution in [-0.4, -0.2) is 24.0 Å². The van der Waals surface area contributed by atoms with Crippen molar-refractivity contribution in [2.24, 2.45) is 5.92 Å². The minimum absolute atomic E-state index is 0.497. The summed E-state index contributed by atoms with van der Waals surface area (Å²) in [7, 11) is 0. The third-order valence-electron chi connectivity index (χ3n) is 3.89. The van der Waals surface area contributed by atoms with Gasteiger partial charge in [-0.1, -0.05) is 20.8 Å². The number of aryl methyl sites for hydroxylation is 1. The SMILES string of the molecule is Cc1oc(CNC(C)C)cc1CN1CCCC(C)C1. The molecule has 2 rings (SSSR count). The Kier molecular flexibility index (Phi) is 5.06. The summed E-state index contributed by atoms with van der Waals surface area (Å²) < 4.78 is 5.84. The number of hydrogen-bond acceptors (Lipinski definition) is 3. The van der Waals surface area contributed by atoms with Gasteiger partial charge in [-0.2, -0.15) is 0 Å². The first-order valence-corrected chi connectivity index (χ1v) is 7.58.